The van der Waals surface area contributed by atoms with E-state index in [2.05, 4.69) is 4.57 Å². The van der Waals surface area contributed by atoms with Gasteiger partial charge in [-0.2, -0.15) is 0 Å². The molecule has 162 valence electrons. The van der Waals surface area contributed by atoms with Gasteiger partial charge in [0, 0.05) is 31.1 Å². The summed E-state index contributed by atoms with van der Waals surface area (Å²) in [4.78, 5) is 19.9. The Hall–Kier alpha value is -2.35. The van der Waals surface area contributed by atoms with Crippen LogP contribution in [0.5, 0.6) is 0 Å². The zero-order valence-electron chi connectivity index (χ0n) is 18.0. The molecule has 8 heteroatoms. The molecule has 30 heavy (non-hydrogen) atoms. The molecular formula is C22H29N3O4S. The van der Waals surface area contributed by atoms with Crippen LogP contribution < -0.4 is 0 Å². The van der Waals surface area contributed by atoms with Crippen LogP contribution in [-0.2, 0) is 21.1 Å². The van der Waals surface area contributed by atoms with Crippen LogP contribution >= 0.6 is 0 Å². The molecule has 0 aliphatic carbocycles. The molecule has 0 spiro atoms. The van der Waals surface area contributed by atoms with Gasteiger partial charge in [0.1, 0.15) is 11.4 Å². The molecule has 1 amide bonds. The molecule has 0 saturated carbocycles. The number of nitrogens with zero attached hydrogens (tertiary/aromatic N) is 3. The van der Waals surface area contributed by atoms with Crippen molar-refractivity contribution in [1.82, 2.24) is 14.5 Å². The Balaban J connectivity index is 1.66. The fraction of sp³-hybridized carbons (Fsp3) is 0.545. The van der Waals surface area contributed by atoms with E-state index in [1.807, 2.05) is 31.9 Å². The minimum absolute atomic E-state index is 0.0913. The highest BCUT2D eigenvalue weighted by Gasteiger charge is 2.42. The Bertz CT molecular complexity index is 1050. The van der Waals surface area contributed by atoms with E-state index in [0.29, 0.717) is 17.4 Å². The van der Waals surface area contributed by atoms with E-state index in [0.717, 1.165) is 42.9 Å². The van der Waals surface area contributed by atoms with Crippen molar-refractivity contribution in [2.45, 2.75) is 63.1 Å². The van der Waals surface area contributed by atoms with Crippen LogP contribution in [0.2, 0.25) is 0 Å². The van der Waals surface area contributed by atoms with Gasteiger partial charge in [0.15, 0.2) is 9.84 Å². The Morgan fingerprint density at radius 3 is 2.47 bits per heavy atom. The number of aromatic nitrogens is 2. The number of carbonyl (C=O) groups is 1. The van der Waals surface area contributed by atoms with Gasteiger partial charge >= 0.3 is 6.09 Å². The van der Waals surface area contributed by atoms with Gasteiger partial charge in [0.25, 0.3) is 0 Å². The first-order valence-electron chi connectivity index (χ1n) is 10.4. The number of imidazole rings is 1. The third-order valence-electron chi connectivity index (χ3n) is 5.78. The predicted molar refractivity (Wildman–Crippen MR) is 114 cm³/mol. The van der Waals surface area contributed by atoms with Crippen molar-refractivity contribution in [2.24, 2.45) is 5.92 Å². The Labute approximate surface area is 178 Å². The summed E-state index contributed by atoms with van der Waals surface area (Å²) in [6, 6.07) is 6.70. The lowest BCUT2D eigenvalue weighted by molar-refractivity contribution is -0.00756. The number of piperidine rings is 1. The number of carbonyl (C=O) groups excluding carboxylic acids is 1. The molecule has 1 saturated heterocycles. The molecule has 0 radical (unpaired) electrons. The zero-order chi connectivity index (χ0) is 21.7. The lowest BCUT2D eigenvalue weighted by Crippen LogP contribution is -2.47. The molecule has 1 aromatic heterocycles. The first-order valence-corrected chi connectivity index (χ1v) is 12.3. The molecule has 2 atom stereocenters. The first-order chi connectivity index (χ1) is 14.0. The molecular weight excluding hydrogens is 402 g/mol. The normalized spacial score (nSPS) is 21.7. The fourth-order valence-electron chi connectivity index (χ4n) is 4.42. The zero-order valence-corrected chi connectivity index (χ0v) is 18.8. The highest BCUT2D eigenvalue weighted by atomic mass is 32.2. The minimum Gasteiger partial charge on any atom is -0.444 e. The van der Waals surface area contributed by atoms with Gasteiger partial charge in [0.2, 0.25) is 0 Å². The number of hydrogen-bond donors (Lipinski definition) is 0. The van der Waals surface area contributed by atoms with Crippen LogP contribution in [0.4, 0.5) is 4.79 Å². The fourth-order valence-corrected chi connectivity index (χ4v) is 5.05. The Kier molecular flexibility index (Phi) is 5.16. The summed E-state index contributed by atoms with van der Waals surface area (Å²) >= 11 is 0. The van der Waals surface area contributed by atoms with Crippen molar-refractivity contribution in [3.05, 3.63) is 36.3 Å². The van der Waals surface area contributed by atoms with E-state index in [4.69, 9.17) is 9.72 Å². The molecule has 2 aliphatic heterocycles. The summed E-state index contributed by atoms with van der Waals surface area (Å²) in [7, 11) is -3.24. The maximum absolute atomic E-state index is 12.9. The van der Waals surface area contributed by atoms with E-state index < -0.39 is 15.4 Å². The van der Waals surface area contributed by atoms with Crippen LogP contribution in [0.1, 0.15) is 51.9 Å². The lowest BCUT2D eigenvalue weighted by Gasteiger charge is -2.43. The first kappa shape index (κ1) is 20.9. The summed E-state index contributed by atoms with van der Waals surface area (Å²) in [5, 5.41) is 0. The second kappa shape index (κ2) is 7.41. The maximum Gasteiger partial charge on any atom is 0.410 e. The number of ether oxygens (including phenoxy) is 1. The van der Waals surface area contributed by atoms with Crippen molar-refractivity contribution in [1.29, 1.82) is 0 Å². The molecule has 2 aromatic rings. The smallest absolute Gasteiger partial charge is 0.410 e. The van der Waals surface area contributed by atoms with Gasteiger partial charge in [-0.05, 0) is 58.1 Å². The largest absolute Gasteiger partial charge is 0.444 e. The van der Waals surface area contributed by atoms with E-state index in [1.54, 1.807) is 24.3 Å². The molecule has 4 rings (SSSR count). The number of likely N-dealkylation sites (tertiary alicyclic amines) is 1. The Morgan fingerprint density at radius 2 is 1.83 bits per heavy atom. The van der Waals surface area contributed by atoms with Gasteiger partial charge in [0.05, 0.1) is 16.6 Å². The second-order valence-electron chi connectivity index (χ2n) is 9.28. The average molecular weight is 432 g/mol. The van der Waals surface area contributed by atoms with Crippen molar-refractivity contribution in [2.75, 3.05) is 12.8 Å². The molecule has 0 N–H and O–H groups in total. The molecule has 7 nitrogen and oxygen atoms in total. The van der Waals surface area contributed by atoms with Crippen molar-refractivity contribution >= 4 is 15.9 Å². The average Bonchev–Trinajstić information content (AvgIpc) is 3.10. The highest BCUT2D eigenvalue weighted by Crippen LogP contribution is 2.42. The van der Waals surface area contributed by atoms with Gasteiger partial charge < -0.3 is 9.30 Å². The number of rotatable bonds is 2. The van der Waals surface area contributed by atoms with Crippen LogP contribution in [0.25, 0.3) is 11.3 Å². The van der Waals surface area contributed by atoms with Crippen LogP contribution in [0.3, 0.4) is 0 Å². The van der Waals surface area contributed by atoms with Crippen LogP contribution in [0, 0.1) is 5.92 Å². The third-order valence-corrected chi connectivity index (χ3v) is 6.90. The Morgan fingerprint density at radius 1 is 1.13 bits per heavy atom. The molecule has 3 heterocycles. The monoisotopic (exact) mass is 431 g/mol. The standard InChI is InChI=1S/C22H29N3O4S/c1-22(2,3)29-21(26)25-12-5-6-16-11-13-24-14-18(23-20(24)19(16)25)15-7-9-17(10-8-15)30(4,27)28/h7-10,14,16,19H,5-6,11-13H2,1-4H3. The molecule has 1 fully saturated rings. The topological polar surface area (TPSA) is 81.5 Å². The summed E-state index contributed by atoms with van der Waals surface area (Å²) in [5.74, 6) is 1.26. The van der Waals surface area contributed by atoms with E-state index in [-0.39, 0.29) is 12.1 Å². The van der Waals surface area contributed by atoms with Crippen LogP contribution in [-0.4, -0.2) is 47.4 Å². The maximum atomic E-state index is 12.9. The number of sulfone groups is 1. The summed E-state index contributed by atoms with van der Waals surface area (Å²) in [6.45, 7) is 7.18. The van der Waals surface area contributed by atoms with Crippen molar-refractivity contribution in [3.8, 4) is 11.3 Å². The number of hydrogen-bond acceptors (Lipinski definition) is 5. The third kappa shape index (κ3) is 4.10. The van der Waals surface area contributed by atoms with E-state index in [1.165, 1.54) is 6.26 Å². The van der Waals surface area contributed by atoms with E-state index in [9.17, 15) is 13.2 Å². The molecule has 1 aromatic carbocycles. The van der Waals surface area contributed by atoms with E-state index >= 15 is 0 Å². The summed E-state index contributed by atoms with van der Waals surface area (Å²) in [5.41, 5.74) is 1.11. The predicted octanol–water partition coefficient (Wildman–Crippen LogP) is 4.05. The highest BCUT2D eigenvalue weighted by molar-refractivity contribution is 7.90. The van der Waals surface area contributed by atoms with Gasteiger partial charge in [-0.15, -0.1) is 0 Å². The minimum atomic E-state index is -3.24. The molecule has 0 bridgehead atoms. The number of benzene rings is 1. The quantitative estimate of drug-likeness (QED) is 0.717. The number of aryl methyl sites for hydroxylation is 1. The summed E-state index contributed by atoms with van der Waals surface area (Å²) in [6.07, 6.45) is 5.97. The number of amides is 1. The molecule has 2 aliphatic rings. The second-order valence-corrected chi connectivity index (χ2v) is 11.3. The lowest BCUT2D eigenvalue weighted by atomic mass is 9.84. The van der Waals surface area contributed by atoms with Crippen molar-refractivity contribution in [3.63, 3.8) is 0 Å². The van der Waals surface area contributed by atoms with Gasteiger partial charge in [-0.25, -0.2) is 18.2 Å². The molecule has 2 unspecified atom stereocenters. The SMILES string of the molecule is CC(C)(C)OC(=O)N1CCCC2CCn3cc(-c4ccc(S(C)(=O)=O)cc4)nc3C21. The van der Waals surface area contributed by atoms with Crippen LogP contribution in [0.15, 0.2) is 35.4 Å². The van der Waals surface area contributed by atoms with Gasteiger partial charge in [-0.1, -0.05) is 12.1 Å². The van der Waals surface area contributed by atoms with Crippen molar-refractivity contribution < 1.29 is 17.9 Å². The number of fused-ring (bicyclic) bond motifs is 3. The summed E-state index contributed by atoms with van der Waals surface area (Å²) < 4.78 is 31.3. The van der Waals surface area contributed by atoms with Gasteiger partial charge in [-0.3, -0.25) is 4.90 Å².